The fourth-order valence-corrected chi connectivity index (χ4v) is 1.97. The number of aromatic nitrogens is 1. The normalized spacial score (nSPS) is 10.9. The Morgan fingerprint density at radius 2 is 2.27 bits per heavy atom. The van der Waals surface area contributed by atoms with Crippen LogP contribution in [0.1, 0.15) is 37.2 Å². The van der Waals surface area contributed by atoms with Crippen LogP contribution in [0.2, 0.25) is 0 Å². The Morgan fingerprint density at radius 3 is 2.80 bits per heavy atom. The first-order chi connectivity index (χ1) is 7.00. The van der Waals surface area contributed by atoms with E-state index >= 15 is 0 Å². The van der Waals surface area contributed by atoms with Crippen molar-refractivity contribution in [2.24, 2.45) is 5.92 Å². The Balaban J connectivity index is 2.63. The monoisotopic (exact) mass is 273 g/mol. The van der Waals surface area contributed by atoms with Crippen LogP contribution in [0.4, 0.5) is 0 Å². The third-order valence-electron chi connectivity index (χ3n) is 2.26. The Hall–Kier alpha value is -0.770. The molecule has 0 atom stereocenters. The van der Waals surface area contributed by atoms with Crippen LogP contribution in [-0.4, -0.2) is 15.6 Å². The van der Waals surface area contributed by atoms with Crippen molar-refractivity contribution < 1.29 is 9.90 Å². The van der Waals surface area contributed by atoms with Gasteiger partial charge in [-0.15, -0.1) is 0 Å². The number of hydrogen-bond acceptors (Lipinski definition) is 1. The molecule has 1 rings (SSSR count). The number of carboxylic acids is 1. The van der Waals surface area contributed by atoms with Crippen molar-refractivity contribution in [1.82, 2.24) is 4.57 Å². The highest BCUT2D eigenvalue weighted by atomic mass is 79.9. The van der Waals surface area contributed by atoms with Gasteiger partial charge in [0.25, 0.3) is 0 Å². The largest absolute Gasteiger partial charge is 0.477 e. The molecule has 3 nitrogen and oxygen atoms in total. The van der Waals surface area contributed by atoms with Gasteiger partial charge in [0, 0.05) is 17.2 Å². The zero-order chi connectivity index (χ0) is 11.4. The van der Waals surface area contributed by atoms with Gasteiger partial charge in [-0.1, -0.05) is 13.8 Å². The Bertz CT molecular complexity index is 344. The van der Waals surface area contributed by atoms with E-state index in [2.05, 4.69) is 29.8 Å². The molecule has 1 heterocycles. The van der Waals surface area contributed by atoms with Gasteiger partial charge < -0.3 is 9.67 Å². The van der Waals surface area contributed by atoms with E-state index in [0.717, 1.165) is 23.9 Å². The van der Waals surface area contributed by atoms with Gasteiger partial charge in [-0.2, -0.15) is 0 Å². The number of halogens is 1. The summed E-state index contributed by atoms with van der Waals surface area (Å²) >= 11 is 3.29. The first-order valence-corrected chi connectivity index (χ1v) is 5.89. The number of carboxylic acid groups (broad SMARTS) is 1. The average molecular weight is 274 g/mol. The van der Waals surface area contributed by atoms with Crippen molar-refractivity contribution in [2.75, 3.05) is 0 Å². The maximum Gasteiger partial charge on any atom is 0.352 e. The quantitative estimate of drug-likeness (QED) is 0.894. The van der Waals surface area contributed by atoms with E-state index in [1.165, 1.54) is 0 Å². The topological polar surface area (TPSA) is 42.2 Å². The molecule has 0 spiro atoms. The van der Waals surface area contributed by atoms with Crippen LogP contribution in [0.25, 0.3) is 0 Å². The third kappa shape index (κ3) is 3.70. The summed E-state index contributed by atoms with van der Waals surface area (Å²) in [6, 6.07) is 1.64. The molecule has 84 valence electrons. The summed E-state index contributed by atoms with van der Waals surface area (Å²) in [6.45, 7) is 5.11. The molecule has 0 saturated carbocycles. The van der Waals surface area contributed by atoms with Crippen molar-refractivity contribution in [3.63, 3.8) is 0 Å². The molecule has 1 aromatic rings. The molecule has 0 aromatic carbocycles. The molecule has 0 aliphatic carbocycles. The highest BCUT2D eigenvalue weighted by Gasteiger charge is 2.10. The van der Waals surface area contributed by atoms with E-state index in [1.807, 2.05) is 6.20 Å². The summed E-state index contributed by atoms with van der Waals surface area (Å²) in [7, 11) is 0. The molecule has 0 fully saturated rings. The smallest absolute Gasteiger partial charge is 0.352 e. The first kappa shape index (κ1) is 12.3. The summed E-state index contributed by atoms with van der Waals surface area (Å²) in [5, 5.41) is 8.95. The molecule has 0 amide bonds. The molecule has 0 aliphatic heterocycles. The van der Waals surface area contributed by atoms with Crippen LogP contribution in [0.15, 0.2) is 16.7 Å². The number of aromatic carboxylic acids is 1. The minimum Gasteiger partial charge on any atom is -0.477 e. The fraction of sp³-hybridized carbons (Fsp3) is 0.545. The average Bonchev–Trinajstić information content (AvgIpc) is 2.46. The highest BCUT2D eigenvalue weighted by molar-refractivity contribution is 9.10. The van der Waals surface area contributed by atoms with E-state index in [9.17, 15) is 4.79 Å². The molecule has 0 radical (unpaired) electrons. The molecular weight excluding hydrogens is 258 g/mol. The van der Waals surface area contributed by atoms with Gasteiger partial charge in [-0.25, -0.2) is 4.79 Å². The van der Waals surface area contributed by atoms with Gasteiger partial charge in [0.05, 0.1) is 0 Å². The molecular formula is C11H16BrNO2. The summed E-state index contributed by atoms with van der Waals surface area (Å²) in [4.78, 5) is 10.9. The number of nitrogens with zero attached hydrogens (tertiary/aromatic N) is 1. The van der Waals surface area contributed by atoms with E-state index in [1.54, 1.807) is 10.6 Å². The predicted octanol–water partition coefficient (Wildman–Crippen LogP) is 3.39. The maximum absolute atomic E-state index is 10.9. The van der Waals surface area contributed by atoms with Crippen molar-refractivity contribution in [3.05, 3.63) is 22.4 Å². The van der Waals surface area contributed by atoms with E-state index in [0.29, 0.717) is 11.6 Å². The molecule has 4 heteroatoms. The lowest BCUT2D eigenvalue weighted by atomic mass is 10.1. The van der Waals surface area contributed by atoms with Gasteiger partial charge in [-0.3, -0.25) is 0 Å². The molecule has 0 unspecified atom stereocenters. The SMILES string of the molecule is CC(C)CCCn1cc(Br)cc1C(=O)O. The number of hydrogen-bond donors (Lipinski definition) is 1. The number of carbonyl (C=O) groups is 1. The van der Waals surface area contributed by atoms with Crippen LogP contribution in [0.5, 0.6) is 0 Å². The van der Waals surface area contributed by atoms with Crippen LogP contribution >= 0.6 is 15.9 Å². The molecule has 0 saturated heterocycles. The molecule has 0 bridgehead atoms. The lowest BCUT2D eigenvalue weighted by Crippen LogP contribution is -2.08. The lowest BCUT2D eigenvalue weighted by molar-refractivity contribution is 0.0685. The first-order valence-electron chi connectivity index (χ1n) is 5.09. The third-order valence-corrected chi connectivity index (χ3v) is 2.70. The molecule has 1 N–H and O–H groups in total. The second-order valence-electron chi connectivity index (χ2n) is 4.08. The molecule has 0 aliphatic rings. The van der Waals surface area contributed by atoms with Gasteiger partial charge in [0.15, 0.2) is 0 Å². The summed E-state index contributed by atoms with van der Waals surface area (Å²) in [5.74, 6) is -0.206. The van der Waals surface area contributed by atoms with Crippen molar-refractivity contribution in [2.45, 2.75) is 33.2 Å². The Labute approximate surface area is 98.2 Å². The minimum absolute atomic E-state index is 0.352. The zero-order valence-electron chi connectivity index (χ0n) is 9.03. The minimum atomic E-state index is -0.870. The van der Waals surface area contributed by atoms with Crippen molar-refractivity contribution in [1.29, 1.82) is 0 Å². The van der Waals surface area contributed by atoms with Gasteiger partial charge >= 0.3 is 5.97 Å². The van der Waals surface area contributed by atoms with Crippen LogP contribution in [0, 0.1) is 5.92 Å². The number of aryl methyl sites for hydroxylation is 1. The summed E-state index contributed by atoms with van der Waals surface area (Å²) in [6.07, 6.45) is 3.96. The summed E-state index contributed by atoms with van der Waals surface area (Å²) < 4.78 is 2.61. The van der Waals surface area contributed by atoms with Gasteiger partial charge in [-0.05, 0) is 40.8 Å². The fourth-order valence-electron chi connectivity index (χ4n) is 1.51. The zero-order valence-corrected chi connectivity index (χ0v) is 10.6. The standard InChI is InChI=1S/C11H16BrNO2/c1-8(2)4-3-5-13-7-9(12)6-10(13)11(14)15/h6-8H,3-5H2,1-2H3,(H,14,15). The lowest BCUT2D eigenvalue weighted by Gasteiger charge is -2.07. The second kappa shape index (κ2) is 5.35. The molecule has 1 aromatic heterocycles. The van der Waals surface area contributed by atoms with Crippen LogP contribution < -0.4 is 0 Å². The number of rotatable bonds is 5. The highest BCUT2D eigenvalue weighted by Crippen LogP contribution is 2.16. The Morgan fingerprint density at radius 1 is 1.60 bits per heavy atom. The van der Waals surface area contributed by atoms with Crippen LogP contribution in [0.3, 0.4) is 0 Å². The predicted molar refractivity (Wildman–Crippen MR) is 63.2 cm³/mol. The van der Waals surface area contributed by atoms with Crippen LogP contribution in [-0.2, 0) is 6.54 Å². The summed E-state index contributed by atoms with van der Waals surface area (Å²) in [5.41, 5.74) is 0.352. The maximum atomic E-state index is 10.9. The van der Waals surface area contributed by atoms with E-state index in [4.69, 9.17) is 5.11 Å². The second-order valence-corrected chi connectivity index (χ2v) is 4.99. The van der Waals surface area contributed by atoms with Crippen molar-refractivity contribution in [3.8, 4) is 0 Å². The van der Waals surface area contributed by atoms with Gasteiger partial charge in [0.1, 0.15) is 5.69 Å². The van der Waals surface area contributed by atoms with E-state index < -0.39 is 5.97 Å². The van der Waals surface area contributed by atoms with E-state index in [-0.39, 0.29) is 0 Å². The molecule has 15 heavy (non-hydrogen) atoms. The Kier molecular flexibility index (Phi) is 4.39. The van der Waals surface area contributed by atoms with Crippen molar-refractivity contribution >= 4 is 21.9 Å². The van der Waals surface area contributed by atoms with Gasteiger partial charge in [0.2, 0.25) is 0 Å².